The average molecular weight is 326 g/mol. The lowest BCUT2D eigenvalue weighted by atomic mass is 10.2. The van der Waals surface area contributed by atoms with Crippen LogP contribution in [-0.2, 0) is 10.7 Å². The van der Waals surface area contributed by atoms with Gasteiger partial charge in [-0.25, -0.2) is 9.88 Å². The van der Waals surface area contributed by atoms with Crippen LogP contribution in [-0.4, -0.2) is 44.6 Å². The number of ether oxygens (including phenoxy) is 1. The fraction of sp³-hybridized carbons (Fsp3) is 0.286. The van der Waals surface area contributed by atoms with E-state index in [2.05, 4.69) is 9.97 Å². The molecule has 2 aromatic rings. The number of aryl methyl sites for hydroxylation is 1. The topological polar surface area (TPSA) is 98.7 Å². The van der Waals surface area contributed by atoms with Gasteiger partial charge in [0.15, 0.2) is 0 Å². The number of H-pyrrole nitrogens is 1. The molecule has 0 unspecified atom stereocenters. The minimum absolute atomic E-state index is 0.0267. The van der Waals surface area contributed by atoms with Crippen molar-refractivity contribution in [2.45, 2.75) is 12.8 Å². The van der Waals surface area contributed by atoms with Crippen LogP contribution < -0.4 is 4.74 Å². The van der Waals surface area contributed by atoms with Crippen molar-refractivity contribution in [3.63, 3.8) is 0 Å². The van der Waals surface area contributed by atoms with Crippen molar-refractivity contribution >= 4 is 17.6 Å². The molecule has 0 radical (unpaired) electrons. The molecule has 1 aromatic carbocycles. The van der Waals surface area contributed by atoms with Crippen LogP contribution in [0.4, 0.5) is 0 Å². The molecule has 0 atom stereocenters. The van der Waals surface area contributed by atoms with E-state index in [1.807, 2.05) is 6.92 Å². The van der Waals surface area contributed by atoms with Gasteiger partial charge in [0, 0.05) is 11.2 Å². The van der Waals surface area contributed by atoms with E-state index >= 15 is 0 Å². The molecule has 7 nitrogen and oxygen atoms in total. The first-order valence-electron chi connectivity index (χ1n) is 6.43. The normalized spacial score (nSPS) is 11.7. The Morgan fingerprint density at radius 2 is 2.23 bits per heavy atom. The van der Waals surface area contributed by atoms with Gasteiger partial charge in [-0.05, 0) is 31.7 Å². The van der Waals surface area contributed by atoms with Gasteiger partial charge < -0.3 is 19.9 Å². The number of nitrogens with zero attached hydrogens (tertiary/aromatic N) is 2. The molecular weight excluding hydrogens is 310 g/mol. The Labute approximate surface area is 132 Å². The molecule has 0 aliphatic carbocycles. The van der Waals surface area contributed by atoms with Crippen molar-refractivity contribution in [1.82, 2.24) is 14.9 Å². The SMILES string of the molecule is Cc1ccc(OC(=O)CN(C)C(O)(O)c2c[nH]cn2)cc1Cl. The summed E-state index contributed by atoms with van der Waals surface area (Å²) in [6.45, 7) is 1.48. The summed E-state index contributed by atoms with van der Waals surface area (Å²) in [5.74, 6) is -2.76. The predicted octanol–water partition coefficient (Wildman–Crippen LogP) is 1.00. The van der Waals surface area contributed by atoms with Crippen molar-refractivity contribution in [3.05, 3.63) is 47.0 Å². The van der Waals surface area contributed by atoms with E-state index in [-0.39, 0.29) is 18.0 Å². The molecule has 0 fully saturated rings. The van der Waals surface area contributed by atoms with E-state index in [1.54, 1.807) is 12.1 Å². The highest BCUT2D eigenvalue weighted by Gasteiger charge is 2.35. The zero-order valence-corrected chi connectivity index (χ0v) is 12.8. The van der Waals surface area contributed by atoms with E-state index in [0.29, 0.717) is 5.02 Å². The number of hydrogen-bond acceptors (Lipinski definition) is 6. The van der Waals surface area contributed by atoms with E-state index in [0.717, 1.165) is 10.5 Å². The number of carbonyl (C=O) groups is 1. The number of halogens is 1. The molecule has 3 N–H and O–H groups in total. The van der Waals surface area contributed by atoms with Crippen LogP contribution in [0.1, 0.15) is 11.3 Å². The maximum atomic E-state index is 11.9. The van der Waals surface area contributed by atoms with Crippen LogP contribution in [0.5, 0.6) is 5.75 Å². The number of imidazole rings is 1. The second-order valence-electron chi connectivity index (χ2n) is 4.83. The molecule has 0 spiro atoms. The van der Waals surface area contributed by atoms with E-state index in [4.69, 9.17) is 16.3 Å². The minimum atomic E-state index is -2.38. The van der Waals surface area contributed by atoms with Gasteiger partial charge in [-0.2, -0.15) is 0 Å². The van der Waals surface area contributed by atoms with Gasteiger partial charge in [0.25, 0.3) is 5.91 Å². The monoisotopic (exact) mass is 325 g/mol. The lowest BCUT2D eigenvalue weighted by Crippen LogP contribution is -2.47. The number of likely N-dealkylation sites (N-methyl/N-ethyl adjacent to an activating group) is 1. The van der Waals surface area contributed by atoms with Crippen LogP contribution in [0.2, 0.25) is 5.02 Å². The number of aromatic nitrogens is 2. The summed E-state index contributed by atoms with van der Waals surface area (Å²) >= 11 is 5.95. The summed E-state index contributed by atoms with van der Waals surface area (Å²) in [5, 5.41) is 20.5. The van der Waals surface area contributed by atoms with Crippen molar-refractivity contribution in [1.29, 1.82) is 0 Å². The van der Waals surface area contributed by atoms with E-state index in [1.165, 1.54) is 25.6 Å². The molecule has 0 aliphatic rings. The number of aliphatic hydroxyl groups is 2. The molecule has 0 aliphatic heterocycles. The quantitative estimate of drug-likeness (QED) is 0.431. The lowest BCUT2D eigenvalue weighted by Gasteiger charge is -2.29. The Bertz CT molecular complexity index is 658. The number of esters is 1. The molecule has 1 heterocycles. The maximum Gasteiger partial charge on any atom is 0.325 e. The zero-order chi connectivity index (χ0) is 16.3. The molecule has 118 valence electrons. The van der Waals surface area contributed by atoms with Crippen LogP contribution in [0.3, 0.4) is 0 Å². The summed E-state index contributed by atoms with van der Waals surface area (Å²) < 4.78 is 5.12. The summed E-state index contributed by atoms with van der Waals surface area (Å²) in [6, 6.07) is 4.85. The van der Waals surface area contributed by atoms with Gasteiger partial charge in [0.2, 0.25) is 0 Å². The number of nitrogens with one attached hydrogen (secondary N) is 1. The van der Waals surface area contributed by atoms with Gasteiger partial charge >= 0.3 is 5.97 Å². The molecule has 2 rings (SSSR count). The number of hydrogen-bond donors (Lipinski definition) is 3. The first-order chi connectivity index (χ1) is 10.3. The number of benzene rings is 1. The van der Waals surface area contributed by atoms with Crippen LogP contribution >= 0.6 is 11.6 Å². The highest BCUT2D eigenvalue weighted by molar-refractivity contribution is 6.31. The number of rotatable bonds is 5. The molecule has 0 bridgehead atoms. The molecule has 0 saturated heterocycles. The van der Waals surface area contributed by atoms with Crippen LogP contribution in [0.25, 0.3) is 0 Å². The lowest BCUT2D eigenvalue weighted by molar-refractivity contribution is -0.269. The molecule has 0 saturated carbocycles. The average Bonchev–Trinajstić information content (AvgIpc) is 2.97. The second-order valence-corrected chi connectivity index (χ2v) is 5.24. The fourth-order valence-electron chi connectivity index (χ4n) is 1.74. The van der Waals surface area contributed by atoms with Crippen LogP contribution in [0.15, 0.2) is 30.7 Å². The van der Waals surface area contributed by atoms with Gasteiger partial charge in [0.05, 0.1) is 6.33 Å². The first kappa shape index (κ1) is 16.4. The first-order valence-corrected chi connectivity index (χ1v) is 6.80. The molecule has 8 heteroatoms. The Hall–Kier alpha value is -1.93. The van der Waals surface area contributed by atoms with Crippen molar-refractivity contribution in [2.24, 2.45) is 0 Å². The summed E-state index contributed by atoms with van der Waals surface area (Å²) in [7, 11) is 1.36. The zero-order valence-electron chi connectivity index (χ0n) is 12.1. The van der Waals surface area contributed by atoms with Gasteiger partial charge in [-0.3, -0.25) is 4.79 Å². The van der Waals surface area contributed by atoms with Gasteiger partial charge in [-0.15, -0.1) is 0 Å². The van der Waals surface area contributed by atoms with Gasteiger partial charge in [-0.1, -0.05) is 17.7 Å². The molecule has 22 heavy (non-hydrogen) atoms. The fourth-order valence-corrected chi connectivity index (χ4v) is 1.91. The third-order valence-electron chi connectivity index (χ3n) is 3.12. The maximum absolute atomic E-state index is 11.9. The van der Waals surface area contributed by atoms with Crippen molar-refractivity contribution in [3.8, 4) is 5.75 Å². The minimum Gasteiger partial charge on any atom is -0.426 e. The standard InChI is InChI=1S/C14H16ClN3O4/c1-9-3-4-10(5-11(9)15)22-13(19)7-18(2)14(20,21)12-6-16-8-17-12/h3-6,8,20-21H,7H2,1-2H3,(H,16,17). The Balaban J connectivity index is 2.00. The molecule has 0 amide bonds. The smallest absolute Gasteiger partial charge is 0.325 e. The third kappa shape index (κ3) is 3.63. The van der Waals surface area contributed by atoms with E-state index in [9.17, 15) is 15.0 Å². The Morgan fingerprint density at radius 1 is 1.50 bits per heavy atom. The number of aromatic amines is 1. The Morgan fingerprint density at radius 3 is 2.82 bits per heavy atom. The summed E-state index contributed by atoms with van der Waals surface area (Å²) in [6.07, 6.45) is 2.62. The van der Waals surface area contributed by atoms with E-state index < -0.39 is 11.9 Å². The second kappa shape index (κ2) is 6.45. The Kier molecular flexibility index (Phi) is 4.82. The summed E-state index contributed by atoms with van der Waals surface area (Å²) in [4.78, 5) is 19.2. The summed E-state index contributed by atoms with van der Waals surface area (Å²) in [5.41, 5.74) is 0.836. The highest BCUT2D eigenvalue weighted by Crippen LogP contribution is 2.22. The predicted molar refractivity (Wildman–Crippen MR) is 79.2 cm³/mol. The van der Waals surface area contributed by atoms with Crippen molar-refractivity contribution in [2.75, 3.05) is 13.6 Å². The molecule has 1 aromatic heterocycles. The van der Waals surface area contributed by atoms with Gasteiger partial charge in [0.1, 0.15) is 18.0 Å². The third-order valence-corrected chi connectivity index (χ3v) is 3.52. The van der Waals surface area contributed by atoms with Crippen molar-refractivity contribution < 1.29 is 19.7 Å². The largest absolute Gasteiger partial charge is 0.426 e. The number of carbonyl (C=O) groups excluding carboxylic acids is 1. The molecular formula is C14H16ClN3O4. The van der Waals surface area contributed by atoms with Crippen LogP contribution in [0, 0.1) is 6.92 Å². The highest BCUT2D eigenvalue weighted by atomic mass is 35.5.